The summed E-state index contributed by atoms with van der Waals surface area (Å²) in [4.78, 5) is 44.6. The van der Waals surface area contributed by atoms with Crippen LogP contribution in [-0.2, 0) is 19.2 Å². The van der Waals surface area contributed by atoms with Gasteiger partial charge in [-0.15, -0.1) is 0 Å². The van der Waals surface area contributed by atoms with Crippen molar-refractivity contribution in [3.8, 4) is 0 Å². The summed E-state index contributed by atoms with van der Waals surface area (Å²) in [5.74, 6) is -4.53. The van der Waals surface area contributed by atoms with Gasteiger partial charge in [0.25, 0.3) is 0 Å². The van der Waals surface area contributed by atoms with Gasteiger partial charge >= 0.3 is 11.9 Å². The highest BCUT2D eigenvalue weighted by molar-refractivity contribution is 5.93. The number of rotatable bonds is 8. The lowest BCUT2D eigenvalue weighted by molar-refractivity contribution is -0.144. The van der Waals surface area contributed by atoms with Gasteiger partial charge < -0.3 is 26.6 Å². The lowest BCUT2D eigenvalue weighted by Crippen LogP contribution is -2.54. The minimum atomic E-state index is -1.37. The number of nitrogens with two attached hydrogens (primary N) is 1. The third kappa shape index (κ3) is 6.14. The molecule has 0 radical (unpaired) electrons. The minimum Gasteiger partial charge on any atom is -0.481 e. The van der Waals surface area contributed by atoms with Crippen LogP contribution in [-0.4, -0.2) is 52.6 Å². The fourth-order valence-corrected chi connectivity index (χ4v) is 1.40. The SMILES string of the molecule is CC(C)[C@H](NC(=O)[C@H](CC(=O)O)NC(=O)CN)C(=O)O. The van der Waals surface area contributed by atoms with Gasteiger partial charge in [0.1, 0.15) is 12.1 Å². The van der Waals surface area contributed by atoms with Gasteiger partial charge in [-0.05, 0) is 5.92 Å². The molecule has 6 N–H and O–H groups in total. The van der Waals surface area contributed by atoms with Gasteiger partial charge in [0, 0.05) is 0 Å². The molecule has 0 aromatic heterocycles. The Morgan fingerprint density at radius 2 is 1.65 bits per heavy atom. The molecule has 9 nitrogen and oxygen atoms in total. The number of carbonyl (C=O) groups is 4. The van der Waals surface area contributed by atoms with Crippen molar-refractivity contribution in [3.05, 3.63) is 0 Å². The molecule has 0 spiro atoms. The van der Waals surface area contributed by atoms with Crippen molar-refractivity contribution in [2.24, 2.45) is 11.7 Å². The van der Waals surface area contributed by atoms with Crippen molar-refractivity contribution in [1.29, 1.82) is 0 Å². The van der Waals surface area contributed by atoms with Crippen LogP contribution in [0.2, 0.25) is 0 Å². The zero-order valence-electron chi connectivity index (χ0n) is 11.3. The van der Waals surface area contributed by atoms with Crippen LogP contribution in [0.5, 0.6) is 0 Å². The molecule has 20 heavy (non-hydrogen) atoms. The van der Waals surface area contributed by atoms with Crippen molar-refractivity contribution >= 4 is 23.8 Å². The Balaban J connectivity index is 4.88. The molecule has 0 fully saturated rings. The van der Waals surface area contributed by atoms with E-state index in [1.165, 1.54) is 0 Å². The molecule has 2 atom stereocenters. The third-order valence-corrected chi connectivity index (χ3v) is 2.45. The number of carboxylic acids is 2. The summed E-state index contributed by atoms with van der Waals surface area (Å²) in [7, 11) is 0. The molecule has 0 aromatic rings. The first-order chi connectivity index (χ1) is 9.18. The summed E-state index contributed by atoms with van der Waals surface area (Å²) in [6, 6.07) is -2.54. The molecule has 0 saturated heterocycles. The fraction of sp³-hybridized carbons (Fsp3) is 0.636. The Bertz CT molecular complexity index is 396. The van der Waals surface area contributed by atoms with Crippen LogP contribution >= 0.6 is 0 Å². The number of carbonyl (C=O) groups excluding carboxylic acids is 2. The molecule has 2 amide bonds. The lowest BCUT2D eigenvalue weighted by atomic mass is 10.0. The van der Waals surface area contributed by atoms with Gasteiger partial charge in [0.2, 0.25) is 11.8 Å². The van der Waals surface area contributed by atoms with Gasteiger partial charge in [-0.1, -0.05) is 13.8 Å². The average molecular weight is 289 g/mol. The van der Waals surface area contributed by atoms with Gasteiger partial charge in [-0.2, -0.15) is 0 Å². The Hall–Kier alpha value is -2.16. The number of hydrogen-bond donors (Lipinski definition) is 5. The van der Waals surface area contributed by atoms with E-state index in [2.05, 4.69) is 10.6 Å². The first-order valence-corrected chi connectivity index (χ1v) is 5.93. The summed E-state index contributed by atoms with van der Waals surface area (Å²) in [6.07, 6.45) is -0.665. The molecule has 0 aliphatic carbocycles. The van der Waals surface area contributed by atoms with Crippen LogP contribution < -0.4 is 16.4 Å². The first kappa shape index (κ1) is 17.8. The van der Waals surface area contributed by atoms with Crippen LogP contribution in [0.25, 0.3) is 0 Å². The molecular formula is C11H19N3O6. The van der Waals surface area contributed by atoms with Crippen molar-refractivity contribution in [2.45, 2.75) is 32.4 Å². The average Bonchev–Trinajstić information content (AvgIpc) is 2.33. The first-order valence-electron chi connectivity index (χ1n) is 5.93. The number of nitrogens with one attached hydrogen (secondary N) is 2. The zero-order chi connectivity index (χ0) is 15.9. The fourth-order valence-electron chi connectivity index (χ4n) is 1.40. The molecule has 0 bridgehead atoms. The van der Waals surface area contributed by atoms with Crippen molar-refractivity contribution < 1.29 is 29.4 Å². The van der Waals surface area contributed by atoms with Crippen molar-refractivity contribution in [1.82, 2.24) is 10.6 Å². The molecule has 0 aromatic carbocycles. The monoisotopic (exact) mass is 289 g/mol. The maximum absolute atomic E-state index is 11.9. The van der Waals surface area contributed by atoms with Crippen molar-refractivity contribution in [3.63, 3.8) is 0 Å². The molecule has 0 aliphatic heterocycles. The minimum absolute atomic E-state index is 0.396. The molecule has 0 unspecified atom stereocenters. The molecule has 0 rings (SSSR count). The Morgan fingerprint density at radius 1 is 1.10 bits per heavy atom. The smallest absolute Gasteiger partial charge is 0.326 e. The predicted molar refractivity (Wildman–Crippen MR) is 67.6 cm³/mol. The van der Waals surface area contributed by atoms with E-state index in [4.69, 9.17) is 15.9 Å². The maximum atomic E-state index is 11.9. The van der Waals surface area contributed by atoms with Crippen molar-refractivity contribution in [2.75, 3.05) is 6.54 Å². The molecule has 9 heteroatoms. The van der Waals surface area contributed by atoms with E-state index in [9.17, 15) is 19.2 Å². The quantitative estimate of drug-likeness (QED) is 0.350. The van der Waals surface area contributed by atoms with E-state index in [1.54, 1.807) is 13.8 Å². The standard InChI is InChI=1S/C11H19N3O6/c1-5(2)9(11(19)20)14-10(18)6(3-8(16)17)13-7(15)4-12/h5-6,9H,3-4,12H2,1-2H3,(H,13,15)(H,14,18)(H,16,17)(H,19,20)/t6-,9-/m0/s1. The molecule has 0 saturated carbocycles. The molecule has 0 heterocycles. The Morgan fingerprint density at radius 3 is 2.00 bits per heavy atom. The second kappa shape index (κ2) is 8.10. The highest BCUT2D eigenvalue weighted by atomic mass is 16.4. The summed E-state index contributed by atoms with van der Waals surface area (Å²) in [6.45, 7) is 2.77. The predicted octanol–water partition coefficient (Wildman–Crippen LogP) is -1.87. The topological polar surface area (TPSA) is 159 Å². The third-order valence-electron chi connectivity index (χ3n) is 2.45. The summed E-state index contributed by atoms with van der Waals surface area (Å²) in [5.41, 5.74) is 5.06. The number of carboxylic acid groups (broad SMARTS) is 2. The van der Waals surface area contributed by atoms with E-state index < -0.39 is 54.7 Å². The Labute approximate surface area is 115 Å². The van der Waals surface area contributed by atoms with E-state index in [0.29, 0.717) is 0 Å². The molecular weight excluding hydrogens is 270 g/mol. The van der Waals surface area contributed by atoms with Gasteiger partial charge in [-0.25, -0.2) is 4.79 Å². The van der Waals surface area contributed by atoms with Gasteiger partial charge in [0.15, 0.2) is 0 Å². The largest absolute Gasteiger partial charge is 0.481 e. The normalized spacial score (nSPS) is 13.4. The zero-order valence-corrected chi connectivity index (χ0v) is 11.3. The highest BCUT2D eigenvalue weighted by Crippen LogP contribution is 2.03. The summed E-state index contributed by atoms with van der Waals surface area (Å²) < 4.78 is 0. The second-order valence-electron chi connectivity index (χ2n) is 4.49. The summed E-state index contributed by atoms with van der Waals surface area (Å²) in [5, 5.41) is 22.0. The molecule has 0 aliphatic rings. The van der Waals surface area contributed by atoms with Gasteiger partial charge in [0.05, 0.1) is 13.0 Å². The van der Waals surface area contributed by atoms with E-state index in [0.717, 1.165) is 0 Å². The number of hydrogen-bond acceptors (Lipinski definition) is 5. The Kier molecular flexibility index (Phi) is 7.22. The van der Waals surface area contributed by atoms with Crippen LogP contribution in [0.3, 0.4) is 0 Å². The van der Waals surface area contributed by atoms with Crippen LogP contribution in [0.15, 0.2) is 0 Å². The maximum Gasteiger partial charge on any atom is 0.326 e. The summed E-state index contributed by atoms with van der Waals surface area (Å²) >= 11 is 0. The van der Waals surface area contributed by atoms with Crippen LogP contribution in [0, 0.1) is 5.92 Å². The second-order valence-corrected chi connectivity index (χ2v) is 4.49. The van der Waals surface area contributed by atoms with E-state index in [-0.39, 0.29) is 0 Å². The number of amides is 2. The van der Waals surface area contributed by atoms with Gasteiger partial charge in [-0.3, -0.25) is 14.4 Å². The highest BCUT2D eigenvalue weighted by Gasteiger charge is 2.29. The van der Waals surface area contributed by atoms with E-state index in [1.807, 2.05) is 0 Å². The van der Waals surface area contributed by atoms with Crippen LogP contribution in [0.1, 0.15) is 20.3 Å². The number of aliphatic carboxylic acids is 2. The lowest BCUT2D eigenvalue weighted by Gasteiger charge is -2.22. The van der Waals surface area contributed by atoms with E-state index >= 15 is 0 Å². The van der Waals surface area contributed by atoms with Crippen LogP contribution in [0.4, 0.5) is 0 Å². The molecule has 114 valence electrons.